The van der Waals surface area contributed by atoms with Gasteiger partial charge in [-0.25, -0.2) is 0 Å². The molecule has 0 aromatic carbocycles. The van der Waals surface area contributed by atoms with Crippen LogP contribution in [-0.4, -0.2) is 13.7 Å². The minimum absolute atomic E-state index is 0.655. The summed E-state index contributed by atoms with van der Waals surface area (Å²) >= 11 is 0. The number of rotatable bonds is 2. The largest absolute Gasteiger partial charge is 0.321 e. The van der Waals surface area contributed by atoms with Crippen LogP contribution >= 0.6 is 0 Å². The summed E-state index contributed by atoms with van der Waals surface area (Å²) in [6.07, 6.45) is 1.10. The third-order valence-corrected chi connectivity index (χ3v) is 2.19. The Morgan fingerprint density at radius 2 is 2.00 bits per heavy atom. The van der Waals surface area contributed by atoms with Gasteiger partial charge in [-0.15, -0.1) is 5.26 Å². The van der Waals surface area contributed by atoms with E-state index in [2.05, 4.69) is 4.18 Å². The predicted molar refractivity (Wildman–Crippen MR) is 30.8 cm³/mol. The van der Waals surface area contributed by atoms with Crippen molar-refractivity contribution in [3.05, 3.63) is 0 Å². The Balaban J connectivity index is 4.28. The summed E-state index contributed by atoms with van der Waals surface area (Å²) in [7, 11) is -3.61. The lowest BCUT2D eigenvalue weighted by Crippen LogP contribution is -2.14. The van der Waals surface area contributed by atoms with Gasteiger partial charge in [-0.05, 0) is 13.8 Å². The fourth-order valence-electron chi connectivity index (χ4n) is 0.148. The minimum atomic E-state index is -3.61. The van der Waals surface area contributed by atoms with Crippen molar-refractivity contribution in [3.63, 3.8) is 0 Å². The molecule has 0 bridgehead atoms. The zero-order chi connectivity index (χ0) is 7.49. The molecule has 0 aromatic rings. The first-order valence-corrected chi connectivity index (χ1v) is 3.79. The van der Waals surface area contributed by atoms with E-state index in [0.717, 1.165) is 6.26 Å². The molecular formula is C4H7NO3S. The Bertz CT molecular complexity index is 210. The SMILES string of the molecule is CC(C)S(=O)(=O)OC#N. The third-order valence-electron chi connectivity index (χ3n) is 0.731. The van der Waals surface area contributed by atoms with E-state index in [4.69, 9.17) is 5.26 Å². The highest BCUT2D eigenvalue weighted by atomic mass is 32.2. The Morgan fingerprint density at radius 1 is 1.56 bits per heavy atom. The van der Waals surface area contributed by atoms with Gasteiger partial charge in [0.2, 0.25) is 0 Å². The lowest BCUT2D eigenvalue weighted by Gasteiger charge is -1.99. The molecule has 5 heteroatoms. The molecule has 0 aliphatic rings. The first kappa shape index (κ1) is 8.24. The van der Waals surface area contributed by atoms with Crippen LogP contribution in [-0.2, 0) is 14.3 Å². The Hall–Kier alpha value is -0.760. The first-order valence-electron chi connectivity index (χ1n) is 2.32. The molecule has 0 N–H and O–H groups in total. The molecule has 0 aromatic heterocycles. The standard InChI is InChI=1S/C4H7NO3S/c1-4(2)9(6,7)8-3-5/h4H,1-2H3. The molecule has 52 valence electrons. The molecule has 0 atom stereocenters. The van der Waals surface area contributed by atoms with Gasteiger partial charge < -0.3 is 4.18 Å². The van der Waals surface area contributed by atoms with E-state index in [9.17, 15) is 8.42 Å². The fraction of sp³-hybridized carbons (Fsp3) is 0.750. The smallest absolute Gasteiger partial charge is 0.302 e. The molecule has 4 nitrogen and oxygen atoms in total. The molecule has 0 saturated carbocycles. The zero-order valence-corrected chi connectivity index (χ0v) is 5.97. The van der Waals surface area contributed by atoms with Crippen LogP contribution in [0.25, 0.3) is 0 Å². The van der Waals surface area contributed by atoms with Crippen molar-refractivity contribution in [2.24, 2.45) is 0 Å². The molecule has 9 heavy (non-hydrogen) atoms. The normalized spacial score (nSPS) is 10.9. The van der Waals surface area contributed by atoms with Crippen LogP contribution in [0.3, 0.4) is 0 Å². The average molecular weight is 149 g/mol. The molecule has 0 radical (unpaired) electrons. The Morgan fingerprint density at radius 3 is 2.11 bits per heavy atom. The average Bonchev–Trinajstić information content (AvgIpc) is 1.65. The monoisotopic (exact) mass is 149 g/mol. The second-order valence-corrected chi connectivity index (χ2v) is 3.81. The molecule has 0 spiro atoms. The van der Waals surface area contributed by atoms with Crippen LogP contribution in [0.1, 0.15) is 13.8 Å². The molecule has 0 amide bonds. The number of hydrogen-bond acceptors (Lipinski definition) is 4. The minimum Gasteiger partial charge on any atom is -0.302 e. The van der Waals surface area contributed by atoms with Crippen LogP contribution in [0, 0.1) is 11.5 Å². The summed E-state index contributed by atoms with van der Waals surface area (Å²) in [6.45, 7) is 2.87. The maximum Gasteiger partial charge on any atom is 0.321 e. The van der Waals surface area contributed by atoms with Crippen LogP contribution in [0.15, 0.2) is 0 Å². The van der Waals surface area contributed by atoms with Gasteiger partial charge >= 0.3 is 16.4 Å². The topological polar surface area (TPSA) is 67.2 Å². The molecule has 0 unspecified atom stereocenters. The lowest BCUT2D eigenvalue weighted by molar-refractivity contribution is 0.450. The van der Waals surface area contributed by atoms with Crippen molar-refractivity contribution in [2.45, 2.75) is 19.1 Å². The van der Waals surface area contributed by atoms with Crippen LogP contribution in [0.2, 0.25) is 0 Å². The third kappa shape index (κ3) is 2.33. The van der Waals surface area contributed by atoms with E-state index in [1.807, 2.05) is 0 Å². The molecule has 0 fully saturated rings. The Labute approximate surface area is 54.2 Å². The van der Waals surface area contributed by atoms with Crippen molar-refractivity contribution >= 4 is 10.1 Å². The summed E-state index contributed by atoms with van der Waals surface area (Å²) in [5.74, 6) is 0. The summed E-state index contributed by atoms with van der Waals surface area (Å²) in [5.41, 5.74) is 0. The maximum absolute atomic E-state index is 10.5. The number of nitrogens with zero attached hydrogens (tertiary/aromatic N) is 1. The fourth-order valence-corrected chi connectivity index (χ4v) is 0.445. The highest BCUT2D eigenvalue weighted by Crippen LogP contribution is 1.99. The van der Waals surface area contributed by atoms with Gasteiger partial charge in [-0.1, -0.05) is 0 Å². The van der Waals surface area contributed by atoms with Crippen molar-refractivity contribution in [1.82, 2.24) is 0 Å². The van der Waals surface area contributed by atoms with E-state index in [0.29, 0.717) is 0 Å². The quantitative estimate of drug-likeness (QED) is 0.416. The van der Waals surface area contributed by atoms with Gasteiger partial charge in [0.25, 0.3) is 0 Å². The second kappa shape index (κ2) is 2.69. The highest BCUT2D eigenvalue weighted by molar-refractivity contribution is 7.87. The molecule has 0 heterocycles. The maximum atomic E-state index is 10.5. The Kier molecular flexibility index (Phi) is 2.46. The summed E-state index contributed by atoms with van der Waals surface area (Å²) in [5, 5.41) is 7.14. The highest BCUT2D eigenvalue weighted by Gasteiger charge is 2.16. The van der Waals surface area contributed by atoms with Gasteiger partial charge in [-0.2, -0.15) is 8.42 Å². The van der Waals surface area contributed by atoms with Gasteiger partial charge in [0, 0.05) is 0 Å². The summed E-state index contributed by atoms with van der Waals surface area (Å²) in [4.78, 5) is 0. The zero-order valence-electron chi connectivity index (χ0n) is 5.16. The number of nitriles is 1. The van der Waals surface area contributed by atoms with E-state index in [-0.39, 0.29) is 0 Å². The number of hydrogen-bond donors (Lipinski definition) is 0. The lowest BCUT2D eigenvalue weighted by atomic mass is 10.6. The summed E-state index contributed by atoms with van der Waals surface area (Å²) in [6, 6.07) is 0. The van der Waals surface area contributed by atoms with Gasteiger partial charge in [0.1, 0.15) is 0 Å². The first-order chi connectivity index (χ1) is 4.00. The van der Waals surface area contributed by atoms with Gasteiger partial charge in [0.05, 0.1) is 5.25 Å². The molecule has 0 rings (SSSR count). The van der Waals surface area contributed by atoms with Crippen molar-refractivity contribution < 1.29 is 12.6 Å². The molecule has 0 aliphatic carbocycles. The van der Waals surface area contributed by atoms with Gasteiger partial charge in [-0.3, -0.25) is 0 Å². The van der Waals surface area contributed by atoms with Crippen LogP contribution in [0.5, 0.6) is 0 Å². The van der Waals surface area contributed by atoms with E-state index >= 15 is 0 Å². The van der Waals surface area contributed by atoms with E-state index < -0.39 is 15.4 Å². The van der Waals surface area contributed by atoms with Crippen LogP contribution in [0.4, 0.5) is 0 Å². The van der Waals surface area contributed by atoms with E-state index in [1.54, 1.807) is 0 Å². The molecule has 0 aliphatic heterocycles. The predicted octanol–water partition coefficient (Wildman–Crippen LogP) is 0.222. The van der Waals surface area contributed by atoms with Gasteiger partial charge in [0.15, 0.2) is 0 Å². The van der Waals surface area contributed by atoms with Crippen molar-refractivity contribution in [3.8, 4) is 6.26 Å². The second-order valence-electron chi connectivity index (χ2n) is 1.72. The van der Waals surface area contributed by atoms with Crippen molar-refractivity contribution in [2.75, 3.05) is 0 Å². The summed E-state index contributed by atoms with van der Waals surface area (Å²) < 4.78 is 24.7. The molecule has 0 saturated heterocycles. The van der Waals surface area contributed by atoms with Crippen molar-refractivity contribution in [1.29, 1.82) is 5.26 Å². The molecular weight excluding hydrogens is 142 g/mol. The van der Waals surface area contributed by atoms with E-state index in [1.165, 1.54) is 13.8 Å². The van der Waals surface area contributed by atoms with Crippen LogP contribution < -0.4 is 0 Å².